The molecule has 0 atom stereocenters. The molecule has 96 valence electrons. The van der Waals surface area contributed by atoms with E-state index < -0.39 is 17.3 Å². The van der Waals surface area contributed by atoms with Gasteiger partial charge in [-0.25, -0.2) is 9.78 Å². The van der Waals surface area contributed by atoms with Crippen LogP contribution in [0, 0.1) is 0 Å². The largest absolute Gasteiger partial charge is 0.501 e. The summed E-state index contributed by atoms with van der Waals surface area (Å²) in [4.78, 5) is 27.6. The number of carbonyl (C=O) groups excluding carboxylic acids is 1. The van der Waals surface area contributed by atoms with Crippen molar-refractivity contribution in [3.8, 4) is 17.1 Å². The van der Waals surface area contributed by atoms with Crippen LogP contribution in [0.5, 0.6) is 5.75 Å². The predicted octanol–water partition coefficient (Wildman–Crippen LogP) is 0.764. The maximum atomic E-state index is 12.0. The molecule has 3 rings (SSSR count). The van der Waals surface area contributed by atoms with Gasteiger partial charge in [0.05, 0.1) is 13.7 Å². The molecule has 1 aromatic heterocycles. The van der Waals surface area contributed by atoms with E-state index in [1.165, 1.54) is 11.7 Å². The number of aromatic hydroxyl groups is 1. The molecule has 2 aromatic rings. The van der Waals surface area contributed by atoms with Gasteiger partial charge in [-0.15, -0.1) is 0 Å². The summed E-state index contributed by atoms with van der Waals surface area (Å²) in [5.74, 6) is -1.13. The standard InChI is InChI=1S/C13H10N2O4/c1-19-13(18)9-10(16)12(17)15-6-7-4-2-3-5-8(7)11(15)14-9/h2-5,16H,6H2,1H3. The zero-order chi connectivity index (χ0) is 13.6. The highest BCUT2D eigenvalue weighted by atomic mass is 16.5. The third kappa shape index (κ3) is 1.53. The maximum Gasteiger partial charge on any atom is 0.360 e. The Morgan fingerprint density at radius 2 is 2.16 bits per heavy atom. The Morgan fingerprint density at radius 1 is 1.42 bits per heavy atom. The van der Waals surface area contributed by atoms with Crippen LogP contribution in [0.4, 0.5) is 0 Å². The van der Waals surface area contributed by atoms with Crippen LogP contribution in [0.3, 0.4) is 0 Å². The SMILES string of the molecule is COC(=O)c1nc2n(c(=O)c1O)Cc1ccccc1-2. The van der Waals surface area contributed by atoms with Gasteiger partial charge in [-0.05, 0) is 5.56 Å². The van der Waals surface area contributed by atoms with Gasteiger partial charge in [-0.2, -0.15) is 0 Å². The molecule has 0 saturated heterocycles. The summed E-state index contributed by atoms with van der Waals surface area (Å²) in [6.07, 6.45) is 0. The fourth-order valence-corrected chi connectivity index (χ4v) is 2.18. The second kappa shape index (κ2) is 3.94. The highest BCUT2D eigenvalue weighted by Gasteiger charge is 2.27. The topological polar surface area (TPSA) is 81.4 Å². The van der Waals surface area contributed by atoms with E-state index in [2.05, 4.69) is 9.72 Å². The predicted molar refractivity (Wildman–Crippen MR) is 66.0 cm³/mol. The molecular formula is C13H10N2O4. The maximum absolute atomic E-state index is 12.0. The fourth-order valence-electron chi connectivity index (χ4n) is 2.18. The highest BCUT2D eigenvalue weighted by molar-refractivity contribution is 5.90. The molecule has 0 bridgehead atoms. The normalized spacial score (nSPS) is 11.8. The van der Waals surface area contributed by atoms with Crippen LogP contribution >= 0.6 is 0 Å². The van der Waals surface area contributed by atoms with E-state index in [-0.39, 0.29) is 5.69 Å². The molecule has 1 aliphatic rings. The van der Waals surface area contributed by atoms with Crippen molar-refractivity contribution in [3.63, 3.8) is 0 Å². The van der Waals surface area contributed by atoms with Gasteiger partial charge in [0.15, 0.2) is 5.69 Å². The van der Waals surface area contributed by atoms with Crippen molar-refractivity contribution >= 4 is 5.97 Å². The Balaban J connectivity index is 2.31. The average Bonchev–Trinajstić information content (AvgIpc) is 2.81. The molecule has 19 heavy (non-hydrogen) atoms. The number of aromatic nitrogens is 2. The molecular weight excluding hydrogens is 248 g/mol. The number of nitrogens with zero attached hydrogens (tertiary/aromatic N) is 2. The van der Waals surface area contributed by atoms with Gasteiger partial charge >= 0.3 is 5.97 Å². The average molecular weight is 258 g/mol. The van der Waals surface area contributed by atoms with Gasteiger partial charge in [0.1, 0.15) is 5.82 Å². The van der Waals surface area contributed by atoms with Crippen LogP contribution < -0.4 is 5.56 Å². The molecule has 6 heteroatoms. The summed E-state index contributed by atoms with van der Waals surface area (Å²) in [5.41, 5.74) is 0.718. The number of carbonyl (C=O) groups is 1. The van der Waals surface area contributed by atoms with Gasteiger partial charge < -0.3 is 9.84 Å². The van der Waals surface area contributed by atoms with Crippen molar-refractivity contribution in [2.24, 2.45) is 0 Å². The highest BCUT2D eigenvalue weighted by Crippen LogP contribution is 2.29. The van der Waals surface area contributed by atoms with E-state index in [4.69, 9.17) is 0 Å². The van der Waals surface area contributed by atoms with E-state index in [1.807, 2.05) is 24.3 Å². The van der Waals surface area contributed by atoms with E-state index in [1.54, 1.807) is 0 Å². The van der Waals surface area contributed by atoms with Crippen LogP contribution in [0.25, 0.3) is 11.4 Å². The monoisotopic (exact) mass is 258 g/mol. The summed E-state index contributed by atoms with van der Waals surface area (Å²) in [5, 5.41) is 9.75. The zero-order valence-corrected chi connectivity index (χ0v) is 10.1. The molecule has 0 radical (unpaired) electrons. The molecule has 1 aliphatic heterocycles. The third-order valence-corrected chi connectivity index (χ3v) is 3.11. The Labute approximate surface area is 107 Å². The first-order chi connectivity index (χ1) is 9.13. The molecule has 6 nitrogen and oxygen atoms in total. The molecule has 1 N–H and O–H groups in total. The van der Waals surface area contributed by atoms with Crippen molar-refractivity contribution in [3.05, 3.63) is 45.9 Å². The van der Waals surface area contributed by atoms with Gasteiger partial charge in [0.25, 0.3) is 5.56 Å². The number of ether oxygens (including phenoxy) is 1. The van der Waals surface area contributed by atoms with Crippen LogP contribution in [0.15, 0.2) is 29.1 Å². The van der Waals surface area contributed by atoms with Gasteiger partial charge in [-0.3, -0.25) is 9.36 Å². The van der Waals surface area contributed by atoms with Crippen molar-refractivity contribution in [2.45, 2.75) is 6.54 Å². The zero-order valence-electron chi connectivity index (χ0n) is 10.1. The Hall–Kier alpha value is -2.63. The van der Waals surface area contributed by atoms with Gasteiger partial charge in [0, 0.05) is 5.56 Å². The van der Waals surface area contributed by atoms with Crippen LogP contribution in [0.2, 0.25) is 0 Å². The van der Waals surface area contributed by atoms with E-state index in [0.717, 1.165) is 11.1 Å². The first-order valence-corrected chi connectivity index (χ1v) is 5.64. The molecule has 0 saturated carbocycles. The summed E-state index contributed by atoms with van der Waals surface area (Å²) in [6, 6.07) is 7.37. The van der Waals surface area contributed by atoms with Crippen molar-refractivity contribution in [1.82, 2.24) is 9.55 Å². The lowest BCUT2D eigenvalue weighted by atomic mass is 10.1. The first kappa shape index (κ1) is 11.5. The lowest BCUT2D eigenvalue weighted by Gasteiger charge is -2.06. The van der Waals surface area contributed by atoms with Crippen molar-refractivity contribution in [1.29, 1.82) is 0 Å². The van der Waals surface area contributed by atoms with E-state index >= 15 is 0 Å². The van der Waals surface area contributed by atoms with Crippen molar-refractivity contribution < 1.29 is 14.6 Å². The van der Waals surface area contributed by atoms with Crippen LogP contribution in [-0.4, -0.2) is 27.7 Å². The third-order valence-electron chi connectivity index (χ3n) is 3.11. The molecule has 2 heterocycles. The Kier molecular flexibility index (Phi) is 2.38. The van der Waals surface area contributed by atoms with E-state index in [9.17, 15) is 14.7 Å². The number of hydrogen-bond acceptors (Lipinski definition) is 5. The quantitative estimate of drug-likeness (QED) is 0.652. The van der Waals surface area contributed by atoms with Crippen LogP contribution in [0.1, 0.15) is 16.1 Å². The first-order valence-electron chi connectivity index (χ1n) is 5.64. The molecule has 0 fully saturated rings. The minimum Gasteiger partial charge on any atom is -0.501 e. The molecule has 0 amide bonds. The van der Waals surface area contributed by atoms with Crippen molar-refractivity contribution in [2.75, 3.05) is 7.11 Å². The molecule has 0 unspecified atom stereocenters. The number of benzene rings is 1. The molecule has 0 aliphatic carbocycles. The minimum absolute atomic E-state index is 0.340. The van der Waals surface area contributed by atoms with Crippen LogP contribution in [-0.2, 0) is 11.3 Å². The number of hydrogen-bond donors (Lipinski definition) is 1. The minimum atomic E-state index is -0.831. The molecule has 1 aromatic carbocycles. The number of methoxy groups -OCH3 is 1. The summed E-state index contributed by atoms with van der Waals surface area (Å²) in [6.45, 7) is 0.340. The van der Waals surface area contributed by atoms with E-state index in [0.29, 0.717) is 12.4 Å². The number of esters is 1. The second-order valence-corrected chi connectivity index (χ2v) is 4.17. The Morgan fingerprint density at radius 3 is 2.89 bits per heavy atom. The summed E-state index contributed by atoms with van der Waals surface area (Å²) < 4.78 is 5.85. The smallest absolute Gasteiger partial charge is 0.360 e. The lowest BCUT2D eigenvalue weighted by Crippen LogP contribution is -2.23. The number of fused-ring (bicyclic) bond motifs is 3. The lowest BCUT2D eigenvalue weighted by molar-refractivity contribution is 0.0589. The number of rotatable bonds is 1. The molecule has 0 spiro atoms. The van der Waals surface area contributed by atoms with Gasteiger partial charge in [-0.1, -0.05) is 24.3 Å². The summed E-state index contributed by atoms with van der Waals surface area (Å²) in [7, 11) is 1.17. The van der Waals surface area contributed by atoms with Gasteiger partial charge in [0.2, 0.25) is 5.75 Å². The summed E-state index contributed by atoms with van der Waals surface area (Å²) >= 11 is 0. The second-order valence-electron chi connectivity index (χ2n) is 4.17. The fraction of sp³-hybridized carbons (Fsp3) is 0.154. The Bertz CT molecular complexity index is 749.